The Bertz CT molecular complexity index is 942. The van der Waals surface area contributed by atoms with Gasteiger partial charge in [-0.2, -0.15) is 0 Å². The molecule has 24 heavy (non-hydrogen) atoms. The van der Waals surface area contributed by atoms with Crippen molar-refractivity contribution in [1.82, 2.24) is 0 Å². The first kappa shape index (κ1) is 15.3. The van der Waals surface area contributed by atoms with Crippen molar-refractivity contribution in [2.24, 2.45) is 0 Å². The molecule has 0 amide bonds. The summed E-state index contributed by atoms with van der Waals surface area (Å²) in [6.07, 6.45) is -1.70. The number of fused-ring (bicyclic) bond motifs is 2. The molecule has 2 aromatic rings. The van der Waals surface area contributed by atoms with E-state index >= 15 is 0 Å². The van der Waals surface area contributed by atoms with Crippen molar-refractivity contribution >= 4 is 17.7 Å². The van der Waals surface area contributed by atoms with Gasteiger partial charge in [-0.25, -0.2) is 4.79 Å². The number of benzene rings is 2. The molecule has 0 saturated heterocycles. The molecule has 8 heteroatoms. The molecule has 0 heterocycles. The highest BCUT2D eigenvalue weighted by atomic mass is 16.7. The highest BCUT2D eigenvalue weighted by Crippen LogP contribution is 2.43. The van der Waals surface area contributed by atoms with E-state index in [0.29, 0.717) is 0 Å². The maximum Gasteiger partial charge on any atom is 0.511 e. The Kier molecular flexibility index (Phi) is 3.19. The van der Waals surface area contributed by atoms with Crippen LogP contribution in [0.2, 0.25) is 0 Å². The lowest BCUT2D eigenvalue weighted by Crippen LogP contribution is -2.23. The van der Waals surface area contributed by atoms with E-state index in [1.807, 2.05) is 0 Å². The molecule has 0 aliphatic heterocycles. The summed E-state index contributed by atoms with van der Waals surface area (Å²) in [7, 11) is 0. The van der Waals surface area contributed by atoms with Crippen molar-refractivity contribution in [3.63, 3.8) is 0 Å². The topological polar surface area (TPSA) is 141 Å². The summed E-state index contributed by atoms with van der Waals surface area (Å²) in [4.78, 5) is 36.0. The second kappa shape index (κ2) is 4.98. The van der Waals surface area contributed by atoms with Gasteiger partial charge in [-0.05, 0) is 25.1 Å². The van der Waals surface area contributed by atoms with Crippen molar-refractivity contribution in [3.8, 4) is 23.0 Å². The van der Waals surface area contributed by atoms with Gasteiger partial charge >= 0.3 is 6.16 Å². The standard InChI is InChI=1S/C16H10O8/c1-5-10-6(4-9(19)15(5)24-16(22)23)13(20)11-7(17)2-3-8(18)12(11)14(10)21/h2-4,17-19H,1H3,(H,22,23). The Morgan fingerprint density at radius 3 is 2.00 bits per heavy atom. The first-order chi connectivity index (χ1) is 11.2. The summed E-state index contributed by atoms with van der Waals surface area (Å²) >= 11 is 0. The van der Waals surface area contributed by atoms with E-state index in [9.17, 15) is 29.7 Å². The maximum absolute atomic E-state index is 12.7. The molecule has 0 unspecified atom stereocenters. The molecule has 8 nitrogen and oxygen atoms in total. The number of ketones is 2. The van der Waals surface area contributed by atoms with Crippen LogP contribution < -0.4 is 4.74 Å². The molecule has 3 rings (SSSR count). The van der Waals surface area contributed by atoms with E-state index < -0.39 is 40.7 Å². The van der Waals surface area contributed by atoms with Gasteiger partial charge in [-0.1, -0.05) is 0 Å². The third-order valence-corrected chi connectivity index (χ3v) is 3.78. The number of rotatable bonds is 1. The molecule has 0 fully saturated rings. The lowest BCUT2D eigenvalue weighted by Gasteiger charge is -2.22. The van der Waals surface area contributed by atoms with Crippen molar-refractivity contribution in [3.05, 3.63) is 46.0 Å². The zero-order chi connectivity index (χ0) is 17.8. The fourth-order valence-corrected chi connectivity index (χ4v) is 2.77. The molecule has 1 aliphatic rings. The second-order valence-electron chi connectivity index (χ2n) is 5.15. The number of carboxylic acid groups (broad SMARTS) is 1. The number of hydrogen-bond acceptors (Lipinski definition) is 7. The molecule has 2 aromatic carbocycles. The van der Waals surface area contributed by atoms with Crippen LogP contribution in [0.3, 0.4) is 0 Å². The van der Waals surface area contributed by atoms with Crippen molar-refractivity contribution in [2.75, 3.05) is 0 Å². The molecule has 0 bridgehead atoms. The van der Waals surface area contributed by atoms with E-state index in [0.717, 1.165) is 18.2 Å². The number of carbonyl (C=O) groups is 3. The average Bonchev–Trinajstić information content (AvgIpc) is 2.50. The first-order valence-electron chi connectivity index (χ1n) is 6.65. The fourth-order valence-electron chi connectivity index (χ4n) is 2.77. The molecular formula is C16H10O8. The van der Waals surface area contributed by atoms with Gasteiger partial charge in [0.05, 0.1) is 11.1 Å². The summed E-state index contributed by atoms with van der Waals surface area (Å²) in [6.45, 7) is 1.30. The van der Waals surface area contributed by atoms with Crippen molar-refractivity contribution in [2.45, 2.75) is 6.92 Å². The highest BCUT2D eigenvalue weighted by Gasteiger charge is 2.37. The smallest absolute Gasteiger partial charge is 0.507 e. The minimum absolute atomic E-state index is 0.0702. The zero-order valence-corrected chi connectivity index (χ0v) is 12.2. The van der Waals surface area contributed by atoms with Gasteiger partial charge in [-0.3, -0.25) is 9.59 Å². The van der Waals surface area contributed by atoms with Crippen molar-refractivity contribution < 1.29 is 39.5 Å². The second-order valence-corrected chi connectivity index (χ2v) is 5.15. The lowest BCUT2D eigenvalue weighted by molar-refractivity contribution is 0.0972. The molecular weight excluding hydrogens is 320 g/mol. The number of phenolic OH excluding ortho intramolecular Hbond substituents is 3. The van der Waals surface area contributed by atoms with E-state index in [2.05, 4.69) is 4.74 Å². The van der Waals surface area contributed by atoms with Crippen LogP contribution in [-0.4, -0.2) is 38.1 Å². The van der Waals surface area contributed by atoms with Crippen molar-refractivity contribution in [1.29, 1.82) is 0 Å². The van der Waals surface area contributed by atoms with Crippen LogP contribution in [0.1, 0.15) is 37.4 Å². The largest absolute Gasteiger partial charge is 0.511 e. The molecule has 122 valence electrons. The minimum atomic E-state index is -1.70. The van der Waals surface area contributed by atoms with Gasteiger partial charge in [0.1, 0.15) is 11.5 Å². The number of aromatic hydroxyl groups is 3. The maximum atomic E-state index is 12.7. The van der Waals surface area contributed by atoms with Crippen LogP contribution in [0.4, 0.5) is 4.79 Å². The summed E-state index contributed by atoms with van der Waals surface area (Å²) in [5.74, 6) is -3.69. The predicted octanol–water partition coefficient (Wildman–Crippen LogP) is 1.94. The summed E-state index contributed by atoms with van der Waals surface area (Å²) in [5, 5.41) is 38.4. The van der Waals surface area contributed by atoms with Gasteiger partial charge in [-0.15, -0.1) is 0 Å². The third kappa shape index (κ3) is 1.97. The molecule has 1 aliphatic carbocycles. The van der Waals surface area contributed by atoms with E-state index in [1.165, 1.54) is 6.92 Å². The lowest BCUT2D eigenvalue weighted by atomic mass is 9.80. The van der Waals surface area contributed by atoms with Crippen LogP contribution >= 0.6 is 0 Å². The summed E-state index contributed by atoms with van der Waals surface area (Å²) in [5.41, 5.74) is -1.26. The Hall–Kier alpha value is -3.55. The highest BCUT2D eigenvalue weighted by molar-refractivity contribution is 6.31. The van der Waals surface area contributed by atoms with Crippen LogP contribution in [0.25, 0.3) is 0 Å². The fraction of sp³-hybridized carbons (Fsp3) is 0.0625. The first-order valence-corrected chi connectivity index (χ1v) is 6.65. The normalized spacial score (nSPS) is 12.5. The Morgan fingerprint density at radius 1 is 0.917 bits per heavy atom. The molecule has 0 saturated carbocycles. The molecule has 0 atom stereocenters. The average molecular weight is 330 g/mol. The SMILES string of the molecule is Cc1c(OC(=O)O)c(O)cc2c1C(=O)c1c(O)ccc(O)c1C2=O. The number of ether oxygens (including phenoxy) is 1. The van der Waals surface area contributed by atoms with Crippen LogP contribution in [0.15, 0.2) is 18.2 Å². The quantitative estimate of drug-likeness (QED) is 0.301. The molecule has 0 radical (unpaired) electrons. The van der Waals surface area contributed by atoms with Gasteiger partial charge in [0.15, 0.2) is 23.1 Å². The minimum Gasteiger partial charge on any atom is -0.507 e. The zero-order valence-electron chi connectivity index (χ0n) is 12.2. The summed E-state index contributed by atoms with van der Waals surface area (Å²) in [6, 6.07) is 3.03. The predicted molar refractivity (Wildman–Crippen MR) is 78.1 cm³/mol. The summed E-state index contributed by atoms with van der Waals surface area (Å²) < 4.78 is 4.46. The van der Waals surface area contributed by atoms with Crippen LogP contribution in [0, 0.1) is 6.92 Å². The number of carbonyl (C=O) groups excluding carboxylic acids is 2. The van der Waals surface area contributed by atoms with Gasteiger partial charge in [0, 0.05) is 16.7 Å². The Morgan fingerprint density at radius 2 is 1.46 bits per heavy atom. The van der Waals surface area contributed by atoms with Crippen LogP contribution in [0.5, 0.6) is 23.0 Å². The molecule has 4 N–H and O–H groups in total. The van der Waals surface area contributed by atoms with Crippen LogP contribution in [-0.2, 0) is 0 Å². The molecule has 0 spiro atoms. The van der Waals surface area contributed by atoms with Gasteiger partial charge in [0.25, 0.3) is 0 Å². The van der Waals surface area contributed by atoms with E-state index in [-0.39, 0.29) is 27.8 Å². The molecule has 0 aromatic heterocycles. The number of phenols is 3. The Labute approximate surface area is 134 Å². The monoisotopic (exact) mass is 330 g/mol. The Balaban J connectivity index is 2.35. The third-order valence-electron chi connectivity index (χ3n) is 3.78. The van der Waals surface area contributed by atoms with Gasteiger partial charge in [0.2, 0.25) is 0 Å². The van der Waals surface area contributed by atoms with Gasteiger partial charge < -0.3 is 25.2 Å². The van der Waals surface area contributed by atoms with E-state index in [1.54, 1.807) is 0 Å². The van der Waals surface area contributed by atoms with E-state index in [4.69, 9.17) is 5.11 Å². The number of hydrogen-bond donors (Lipinski definition) is 4.